The average molecular weight is 419 g/mol. The first-order valence-corrected chi connectivity index (χ1v) is 10.2. The van der Waals surface area contributed by atoms with Gasteiger partial charge < -0.3 is 14.5 Å². The Morgan fingerprint density at radius 1 is 1.03 bits per heavy atom. The van der Waals surface area contributed by atoms with Gasteiger partial charge in [-0.05, 0) is 61.9 Å². The van der Waals surface area contributed by atoms with E-state index in [0.717, 1.165) is 39.6 Å². The molecule has 2 aromatic carbocycles. The molecule has 0 unspecified atom stereocenters. The van der Waals surface area contributed by atoms with Gasteiger partial charge >= 0.3 is 0 Å². The van der Waals surface area contributed by atoms with Crippen LogP contribution in [0.1, 0.15) is 22.5 Å². The van der Waals surface area contributed by atoms with Gasteiger partial charge in [0.15, 0.2) is 0 Å². The van der Waals surface area contributed by atoms with Crippen LogP contribution in [0.5, 0.6) is 5.75 Å². The molecule has 0 saturated carbocycles. The molecule has 3 aromatic rings. The molecule has 0 fully saturated rings. The predicted molar refractivity (Wildman–Crippen MR) is 127 cm³/mol. The Kier molecular flexibility index (Phi) is 6.80. The monoisotopic (exact) mass is 418 g/mol. The van der Waals surface area contributed by atoms with E-state index in [1.807, 2.05) is 70.0 Å². The van der Waals surface area contributed by atoms with Crippen molar-refractivity contribution < 1.29 is 9.53 Å². The first-order valence-electron chi connectivity index (χ1n) is 10.2. The number of benzene rings is 2. The molecule has 1 aromatic heterocycles. The van der Waals surface area contributed by atoms with Crippen LogP contribution >= 0.6 is 0 Å². The first kappa shape index (κ1) is 22.2. The summed E-state index contributed by atoms with van der Waals surface area (Å²) < 4.78 is 7.09. The van der Waals surface area contributed by atoms with Gasteiger partial charge in [-0.25, -0.2) is 0 Å². The number of aromatic nitrogens is 2. The molecular formula is C25H30N4O2. The van der Waals surface area contributed by atoms with Crippen molar-refractivity contribution in [3.63, 3.8) is 0 Å². The third-order valence-electron chi connectivity index (χ3n) is 5.40. The number of carbonyl (C=O) groups excluding carboxylic acids is 1. The van der Waals surface area contributed by atoms with E-state index in [9.17, 15) is 4.79 Å². The minimum atomic E-state index is -0.0930. The number of aryl methyl sites for hydroxylation is 2. The van der Waals surface area contributed by atoms with Crippen molar-refractivity contribution >= 4 is 23.4 Å². The molecule has 0 bridgehead atoms. The van der Waals surface area contributed by atoms with E-state index in [1.165, 1.54) is 0 Å². The minimum Gasteiger partial charge on any atom is -0.497 e. The van der Waals surface area contributed by atoms with Crippen molar-refractivity contribution in [1.29, 1.82) is 0 Å². The van der Waals surface area contributed by atoms with Crippen LogP contribution in [0.3, 0.4) is 0 Å². The molecular weight excluding hydrogens is 388 g/mol. The maximum atomic E-state index is 13.3. The minimum absolute atomic E-state index is 0.0930. The number of anilines is 2. The van der Waals surface area contributed by atoms with Crippen LogP contribution < -0.4 is 14.5 Å². The molecule has 0 aliphatic heterocycles. The Balaban J connectivity index is 1.90. The first-order chi connectivity index (χ1) is 14.8. The summed E-state index contributed by atoms with van der Waals surface area (Å²) in [5.74, 6) is 0.660. The standard InChI is InChI=1S/C25H30N4O2/c1-18-24(19(2)28(5)26-18)15-16-25(30)29(22-11-13-23(31-6)14-12-22)17-20-7-9-21(10-8-20)27(3)4/h7-16H,17H2,1-6H3/b16-15+. The summed E-state index contributed by atoms with van der Waals surface area (Å²) >= 11 is 0. The molecule has 1 heterocycles. The molecule has 31 heavy (non-hydrogen) atoms. The summed E-state index contributed by atoms with van der Waals surface area (Å²) in [5.41, 5.74) is 5.88. The Bertz CT molecular complexity index is 1060. The van der Waals surface area contributed by atoms with E-state index < -0.39 is 0 Å². The van der Waals surface area contributed by atoms with Crippen LogP contribution in [-0.2, 0) is 18.4 Å². The SMILES string of the molecule is COc1ccc(N(Cc2ccc(N(C)C)cc2)C(=O)/C=C/c2c(C)nn(C)c2C)cc1. The predicted octanol–water partition coefficient (Wildman–Crippen LogP) is 4.36. The highest BCUT2D eigenvalue weighted by atomic mass is 16.5. The van der Waals surface area contributed by atoms with Gasteiger partial charge in [0.25, 0.3) is 5.91 Å². The highest BCUT2D eigenvalue weighted by molar-refractivity contribution is 6.03. The van der Waals surface area contributed by atoms with E-state index in [-0.39, 0.29) is 5.91 Å². The molecule has 6 heteroatoms. The lowest BCUT2D eigenvalue weighted by Gasteiger charge is -2.22. The molecule has 0 aliphatic carbocycles. The maximum absolute atomic E-state index is 13.3. The quantitative estimate of drug-likeness (QED) is 0.535. The second kappa shape index (κ2) is 9.51. The second-order valence-electron chi connectivity index (χ2n) is 7.72. The lowest BCUT2D eigenvalue weighted by molar-refractivity contribution is -0.114. The van der Waals surface area contributed by atoms with Gasteiger partial charge in [0.05, 0.1) is 19.3 Å². The summed E-state index contributed by atoms with van der Waals surface area (Å²) in [6.07, 6.45) is 3.47. The molecule has 0 spiro atoms. The van der Waals surface area contributed by atoms with Crippen LogP contribution in [0, 0.1) is 13.8 Å². The normalized spacial score (nSPS) is 11.0. The fourth-order valence-electron chi connectivity index (χ4n) is 3.42. The molecule has 6 nitrogen and oxygen atoms in total. The van der Waals surface area contributed by atoms with Gasteiger partial charge in [-0.3, -0.25) is 9.48 Å². The smallest absolute Gasteiger partial charge is 0.251 e. The van der Waals surface area contributed by atoms with Crippen molar-refractivity contribution in [3.8, 4) is 5.75 Å². The van der Waals surface area contributed by atoms with Gasteiger partial charge in [0, 0.05) is 49.9 Å². The molecule has 0 saturated heterocycles. The Morgan fingerprint density at radius 3 is 2.16 bits per heavy atom. The molecule has 0 aliphatic rings. The number of amides is 1. The van der Waals surface area contributed by atoms with Crippen molar-refractivity contribution in [1.82, 2.24) is 9.78 Å². The zero-order valence-electron chi connectivity index (χ0n) is 19.1. The van der Waals surface area contributed by atoms with Crippen LogP contribution in [0.25, 0.3) is 6.08 Å². The van der Waals surface area contributed by atoms with Gasteiger partial charge in [-0.2, -0.15) is 5.10 Å². The number of carbonyl (C=O) groups is 1. The van der Waals surface area contributed by atoms with Crippen molar-refractivity contribution in [2.24, 2.45) is 7.05 Å². The zero-order valence-corrected chi connectivity index (χ0v) is 19.1. The topological polar surface area (TPSA) is 50.6 Å². The fraction of sp³-hybridized carbons (Fsp3) is 0.280. The average Bonchev–Trinajstić information content (AvgIpc) is 3.01. The summed E-state index contributed by atoms with van der Waals surface area (Å²) in [7, 11) is 7.55. The summed E-state index contributed by atoms with van der Waals surface area (Å²) in [6.45, 7) is 4.41. The summed E-state index contributed by atoms with van der Waals surface area (Å²) in [6, 6.07) is 15.8. The number of methoxy groups -OCH3 is 1. The van der Waals surface area contributed by atoms with E-state index >= 15 is 0 Å². The Hall–Kier alpha value is -3.54. The summed E-state index contributed by atoms with van der Waals surface area (Å²) in [4.78, 5) is 17.1. The number of ether oxygens (including phenoxy) is 1. The van der Waals surface area contributed by atoms with E-state index in [2.05, 4.69) is 34.3 Å². The molecule has 0 radical (unpaired) electrons. The molecule has 3 rings (SSSR count). The van der Waals surface area contributed by atoms with Gasteiger partial charge in [-0.1, -0.05) is 12.1 Å². The second-order valence-corrected chi connectivity index (χ2v) is 7.72. The largest absolute Gasteiger partial charge is 0.497 e. The number of rotatable bonds is 7. The van der Waals surface area contributed by atoms with Gasteiger partial charge in [0.1, 0.15) is 5.75 Å². The molecule has 1 amide bonds. The van der Waals surface area contributed by atoms with Crippen LogP contribution in [0.4, 0.5) is 11.4 Å². The number of hydrogen-bond donors (Lipinski definition) is 0. The summed E-state index contributed by atoms with van der Waals surface area (Å²) in [5, 5.41) is 4.42. The highest BCUT2D eigenvalue weighted by Crippen LogP contribution is 2.23. The van der Waals surface area contributed by atoms with Crippen molar-refractivity contribution in [2.75, 3.05) is 31.0 Å². The maximum Gasteiger partial charge on any atom is 0.251 e. The van der Waals surface area contributed by atoms with E-state index in [1.54, 1.807) is 18.1 Å². The number of hydrogen-bond acceptors (Lipinski definition) is 4. The van der Waals surface area contributed by atoms with Gasteiger partial charge in [0.2, 0.25) is 0 Å². The van der Waals surface area contributed by atoms with Crippen LogP contribution in [0.2, 0.25) is 0 Å². The van der Waals surface area contributed by atoms with E-state index in [0.29, 0.717) is 6.54 Å². The van der Waals surface area contributed by atoms with Crippen LogP contribution in [0.15, 0.2) is 54.6 Å². The lowest BCUT2D eigenvalue weighted by Crippen LogP contribution is -2.28. The van der Waals surface area contributed by atoms with Crippen LogP contribution in [-0.4, -0.2) is 36.9 Å². The number of nitrogens with zero attached hydrogens (tertiary/aromatic N) is 4. The third kappa shape index (κ3) is 5.15. The lowest BCUT2D eigenvalue weighted by atomic mass is 10.1. The highest BCUT2D eigenvalue weighted by Gasteiger charge is 2.15. The van der Waals surface area contributed by atoms with E-state index in [4.69, 9.17) is 4.74 Å². The van der Waals surface area contributed by atoms with Crippen molar-refractivity contribution in [3.05, 3.63) is 77.1 Å². The Morgan fingerprint density at radius 2 is 1.65 bits per heavy atom. The Labute approximate surface area is 184 Å². The molecule has 0 atom stereocenters. The fourth-order valence-corrected chi connectivity index (χ4v) is 3.42. The molecule has 0 N–H and O–H groups in total. The van der Waals surface area contributed by atoms with Crippen molar-refractivity contribution in [2.45, 2.75) is 20.4 Å². The third-order valence-corrected chi connectivity index (χ3v) is 5.40. The zero-order chi connectivity index (χ0) is 22.5. The van der Waals surface area contributed by atoms with Gasteiger partial charge in [-0.15, -0.1) is 0 Å². The molecule has 162 valence electrons.